The fourth-order valence-corrected chi connectivity index (χ4v) is 5.19. The van der Waals surface area contributed by atoms with E-state index < -0.39 is 6.03 Å². The molecular formula is C32H35N7O. The third-order valence-corrected chi connectivity index (χ3v) is 7.20. The molecule has 0 aliphatic heterocycles. The van der Waals surface area contributed by atoms with Crippen molar-refractivity contribution in [1.82, 2.24) is 19.7 Å². The van der Waals surface area contributed by atoms with Crippen LogP contribution in [0.1, 0.15) is 17.0 Å². The second-order valence-corrected chi connectivity index (χ2v) is 10.3. The van der Waals surface area contributed by atoms with Crippen molar-refractivity contribution in [2.75, 3.05) is 37.9 Å². The molecule has 0 unspecified atom stereocenters. The van der Waals surface area contributed by atoms with Crippen LogP contribution in [-0.2, 0) is 13.0 Å². The van der Waals surface area contributed by atoms with Crippen LogP contribution in [0.2, 0.25) is 0 Å². The molecule has 3 aromatic carbocycles. The third kappa shape index (κ3) is 5.82. The number of nitrogens with two attached hydrogens (primary N) is 1. The minimum atomic E-state index is -0.576. The normalized spacial score (nSPS) is 11.2. The number of nitrogens with zero attached hydrogens (tertiary/aromatic N) is 5. The van der Waals surface area contributed by atoms with Crippen LogP contribution in [-0.4, -0.2) is 53.4 Å². The number of aromatic nitrogens is 3. The minimum absolute atomic E-state index is 0.576. The van der Waals surface area contributed by atoms with Gasteiger partial charge in [0, 0.05) is 49.6 Å². The molecule has 204 valence electrons. The standard InChI is InChI=1S/C32H35N7O/c1-22-29(15-16-38(4)21-26-18-28(37(2)3)20-34-36-26)30-19-25(35-32(33)40)13-14-31(30)39(22)27-12-8-11-24(17-27)23-9-6-5-7-10-23/h5-14,17-20H,15-16,21H2,1-4H3,(H3,33,35,40). The van der Waals surface area contributed by atoms with E-state index in [-0.39, 0.29) is 0 Å². The molecule has 0 radical (unpaired) electrons. The molecule has 0 saturated heterocycles. The van der Waals surface area contributed by atoms with Gasteiger partial charge in [-0.3, -0.25) is 0 Å². The largest absolute Gasteiger partial charge is 0.376 e. The molecule has 5 rings (SSSR count). The number of carbonyl (C=O) groups excluding carboxylic acids is 1. The van der Waals surface area contributed by atoms with Crippen molar-refractivity contribution in [1.29, 1.82) is 0 Å². The summed E-state index contributed by atoms with van der Waals surface area (Å²) in [6.07, 6.45) is 2.59. The second-order valence-electron chi connectivity index (χ2n) is 10.3. The summed E-state index contributed by atoms with van der Waals surface area (Å²) in [5.74, 6) is 0. The summed E-state index contributed by atoms with van der Waals surface area (Å²) in [5.41, 5.74) is 15.0. The molecule has 3 N–H and O–H groups in total. The maximum Gasteiger partial charge on any atom is 0.316 e. The van der Waals surface area contributed by atoms with Gasteiger partial charge in [-0.05, 0) is 73.5 Å². The van der Waals surface area contributed by atoms with Crippen molar-refractivity contribution in [3.63, 3.8) is 0 Å². The lowest BCUT2D eigenvalue weighted by molar-refractivity contribution is 0.259. The minimum Gasteiger partial charge on any atom is -0.376 e. The maximum atomic E-state index is 11.6. The van der Waals surface area contributed by atoms with Crippen LogP contribution in [0.5, 0.6) is 0 Å². The molecule has 2 heterocycles. The molecule has 2 aromatic heterocycles. The Balaban J connectivity index is 1.49. The molecule has 0 fully saturated rings. The number of primary amides is 1. The Morgan fingerprint density at radius 3 is 2.48 bits per heavy atom. The average Bonchev–Trinajstić information content (AvgIpc) is 3.22. The van der Waals surface area contributed by atoms with Gasteiger partial charge >= 0.3 is 6.03 Å². The fraction of sp³-hybridized carbons (Fsp3) is 0.219. The molecule has 2 amide bonds. The topological polar surface area (TPSA) is 92.3 Å². The van der Waals surface area contributed by atoms with Crippen LogP contribution in [0, 0.1) is 6.92 Å². The molecule has 0 aliphatic carbocycles. The number of hydrogen-bond donors (Lipinski definition) is 2. The van der Waals surface area contributed by atoms with Crippen molar-refractivity contribution >= 4 is 28.3 Å². The zero-order valence-electron chi connectivity index (χ0n) is 23.4. The van der Waals surface area contributed by atoms with E-state index in [0.717, 1.165) is 46.5 Å². The van der Waals surface area contributed by atoms with E-state index in [1.165, 1.54) is 16.8 Å². The maximum absolute atomic E-state index is 11.6. The summed E-state index contributed by atoms with van der Waals surface area (Å²) < 4.78 is 2.30. The third-order valence-electron chi connectivity index (χ3n) is 7.20. The number of carbonyl (C=O) groups is 1. The van der Waals surface area contributed by atoms with E-state index in [1.54, 1.807) is 6.20 Å². The number of amides is 2. The SMILES string of the molecule is Cc1c(CCN(C)Cc2cc(N(C)C)cnn2)c2cc(NC(N)=O)ccc2n1-c1cccc(-c2ccccc2)c1. The van der Waals surface area contributed by atoms with Crippen molar-refractivity contribution in [2.45, 2.75) is 19.9 Å². The average molecular weight is 534 g/mol. The molecule has 0 bridgehead atoms. The van der Waals surface area contributed by atoms with Crippen molar-refractivity contribution < 1.29 is 4.79 Å². The predicted octanol–water partition coefficient (Wildman–Crippen LogP) is 5.63. The Morgan fingerprint density at radius 1 is 0.950 bits per heavy atom. The summed E-state index contributed by atoms with van der Waals surface area (Å²) >= 11 is 0. The van der Waals surface area contributed by atoms with Crippen LogP contribution in [0.4, 0.5) is 16.2 Å². The first-order valence-electron chi connectivity index (χ1n) is 13.3. The number of nitrogens with one attached hydrogen (secondary N) is 1. The van der Waals surface area contributed by atoms with Crippen molar-refractivity contribution in [3.05, 3.63) is 102 Å². The number of fused-ring (bicyclic) bond motifs is 1. The highest BCUT2D eigenvalue weighted by molar-refractivity contribution is 5.94. The van der Waals surface area contributed by atoms with Crippen LogP contribution in [0.15, 0.2) is 85.1 Å². The van der Waals surface area contributed by atoms with Gasteiger partial charge in [0.05, 0.1) is 23.1 Å². The Kier molecular flexibility index (Phi) is 7.79. The van der Waals surface area contributed by atoms with Gasteiger partial charge in [0.25, 0.3) is 0 Å². The summed E-state index contributed by atoms with van der Waals surface area (Å²) in [6.45, 7) is 3.68. The van der Waals surface area contributed by atoms with Crippen molar-refractivity contribution in [2.24, 2.45) is 5.73 Å². The predicted molar refractivity (Wildman–Crippen MR) is 163 cm³/mol. The Bertz CT molecular complexity index is 1640. The Hall–Kier alpha value is -4.69. The quantitative estimate of drug-likeness (QED) is 0.256. The lowest BCUT2D eigenvalue weighted by Gasteiger charge is -2.18. The van der Waals surface area contributed by atoms with Gasteiger partial charge in [-0.25, -0.2) is 4.79 Å². The van der Waals surface area contributed by atoms with Crippen LogP contribution in [0.3, 0.4) is 0 Å². The molecule has 0 saturated carbocycles. The number of benzene rings is 3. The number of likely N-dealkylation sites (N-methyl/N-ethyl adjacent to an activating group) is 1. The van der Waals surface area contributed by atoms with E-state index >= 15 is 0 Å². The zero-order valence-corrected chi connectivity index (χ0v) is 23.4. The first kappa shape index (κ1) is 26.9. The van der Waals surface area contributed by atoms with Gasteiger partial charge in [0.2, 0.25) is 0 Å². The van der Waals surface area contributed by atoms with Gasteiger partial charge in [-0.1, -0.05) is 42.5 Å². The van der Waals surface area contributed by atoms with Gasteiger partial charge in [0.15, 0.2) is 0 Å². The summed E-state index contributed by atoms with van der Waals surface area (Å²) in [6, 6.07) is 26.5. The zero-order chi connectivity index (χ0) is 28.2. The van der Waals surface area contributed by atoms with E-state index in [4.69, 9.17) is 5.73 Å². The molecule has 40 heavy (non-hydrogen) atoms. The molecule has 8 nitrogen and oxygen atoms in total. The molecule has 5 aromatic rings. The van der Waals surface area contributed by atoms with Gasteiger partial charge < -0.3 is 25.4 Å². The monoisotopic (exact) mass is 533 g/mol. The first-order valence-corrected chi connectivity index (χ1v) is 13.3. The highest BCUT2D eigenvalue weighted by Crippen LogP contribution is 2.33. The second kappa shape index (κ2) is 11.6. The molecule has 0 spiro atoms. The smallest absolute Gasteiger partial charge is 0.316 e. The van der Waals surface area contributed by atoms with E-state index in [0.29, 0.717) is 12.2 Å². The van der Waals surface area contributed by atoms with Gasteiger partial charge in [-0.15, -0.1) is 0 Å². The number of anilines is 2. The van der Waals surface area contributed by atoms with Crippen molar-refractivity contribution in [3.8, 4) is 16.8 Å². The number of rotatable bonds is 9. The Morgan fingerprint density at radius 2 is 1.73 bits per heavy atom. The first-order chi connectivity index (χ1) is 19.3. The summed E-state index contributed by atoms with van der Waals surface area (Å²) in [7, 11) is 6.10. The summed E-state index contributed by atoms with van der Waals surface area (Å²) in [5, 5.41) is 12.3. The molecule has 0 atom stereocenters. The van der Waals surface area contributed by atoms with Gasteiger partial charge in [0.1, 0.15) is 0 Å². The highest BCUT2D eigenvalue weighted by atomic mass is 16.2. The number of urea groups is 1. The molecule has 8 heteroatoms. The molecular weight excluding hydrogens is 498 g/mol. The van der Waals surface area contributed by atoms with Crippen LogP contribution < -0.4 is 16.0 Å². The van der Waals surface area contributed by atoms with E-state index in [1.807, 2.05) is 37.2 Å². The lowest BCUT2D eigenvalue weighted by Crippen LogP contribution is -2.22. The van der Waals surface area contributed by atoms with Crippen LogP contribution in [0.25, 0.3) is 27.7 Å². The van der Waals surface area contributed by atoms with E-state index in [2.05, 4.69) is 99.6 Å². The van der Waals surface area contributed by atoms with E-state index in [9.17, 15) is 4.79 Å². The van der Waals surface area contributed by atoms with Crippen LogP contribution >= 0.6 is 0 Å². The molecule has 0 aliphatic rings. The summed E-state index contributed by atoms with van der Waals surface area (Å²) in [4.78, 5) is 15.9. The Labute approximate surface area is 235 Å². The fourth-order valence-electron chi connectivity index (χ4n) is 5.19. The lowest BCUT2D eigenvalue weighted by atomic mass is 10.1. The van der Waals surface area contributed by atoms with Gasteiger partial charge in [-0.2, -0.15) is 10.2 Å². The number of hydrogen-bond acceptors (Lipinski definition) is 5. The highest BCUT2D eigenvalue weighted by Gasteiger charge is 2.17.